The van der Waals surface area contributed by atoms with Crippen molar-refractivity contribution in [3.8, 4) is 0 Å². The van der Waals surface area contributed by atoms with E-state index >= 15 is 0 Å². The highest BCUT2D eigenvalue weighted by Gasteiger charge is 2.39. The lowest BCUT2D eigenvalue weighted by molar-refractivity contribution is -0.0782. The molecule has 1 rings (SSSR count). The fraction of sp³-hybridized carbons (Fsp3) is 0.913. The quantitative estimate of drug-likeness (QED) is 0.238. The Kier molecular flexibility index (Phi) is 15.9. The van der Waals surface area contributed by atoms with E-state index in [0.29, 0.717) is 6.61 Å². The summed E-state index contributed by atoms with van der Waals surface area (Å²) in [7, 11) is 0. The zero-order chi connectivity index (χ0) is 20.5. The van der Waals surface area contributed by atoms with Gasteiger partial charge in [0, 0.05) is 0 Å². The highest BCUT2D eigenvalue weighted by Crippen LogP contribution is 2.17. The van der Waals surface area contributed by atoms with Crippen molar-refractivity contribution in [2.24, 2.45) is 0 Å². The van der Waals surface area contributed by atoms with Crippen LogP contribution in [0, 0.1) is 0 Å². The van der Waals surface area contributed by atoms with Crippen LogP contribution in [0.2, 0.25) is 0 Å². The van der Waals surface area contributed by atoms with Gasteiger partial charge in [-0.1, -0.05) is 89.7 Å². The van der Waals surface area contributed by atoms with Gasteiger partial charge in [0.15, 0.2) is 0 Å². The Labute approximate surface area is 172 Å². The van der Waals surface area contributed by atoms with E-state index < -0.39 is 24.4 Å². The molecule has 0 aliphatic carbocycles. The molecule has 5 nitrogen and oxygen atoms in total. The number of hydrogen-bond acceptors (Lipinski definition) is 5. The second-order valence-corrected chi connectivity index (χ2v) is 8.11. The Morgan fingerprint density at radius 3 is 2.00 bits per heavy atom. The number of rotatable bonds is 18. The average molecular weight is 401 g/mol. The Morgan fingerprint density at radius 2 is 1.46 bits per heavy atom. The van der Waals surface area contributed by atoms with Crippen molar-refractivity contribution in [1.29, 1.82) is 0 Å². The van der Waals surface area contributed by atoms with Crippen molar-refractivity contribution in [2.45, 2.75) is 115 Å². The Bertz CT molecular complexity index is 374. The highest BCUT2D eigenvalue weighted by atomic mass is 16.5. The molecule has 0 amide bonds. The summed E-state index contributed by atoms with van der Waals surface area (Å²) in [4.78, 5) is 0. The number of aliphatic hydroxyl groups is 3. The largest absolute Gasteiger partial charge is 0.388 e. The fourth-order valence-electron chi connectivity index (χ4n) is 3.61. The number of unbranched alkanes of at least 4 members (excludes halogenated alkanes) is 12. The van der Waals surface area contributed by atoms with Crippen LogP contribution in [-0.4, -0.2) is 59.6 Å². The van der Waals surface area contributed by atoms with Crippen LogP contribution in [-0.2, 0) is 9.47 Å². The first-order valence-electron chi connectivity index (χ1n) is 11.5. The molecule has 1 fully saturated rings. The van der Waals surface area contributed by atoms with Crippen molar-refractivity contribution < 1.29 is 24.8 Å². The first-order valence-corrected chi connectivity index (χ1v) is 11.5. The maximum Gasteiger partial charge on any atom is 0.114 e. The Morgan fingerprint density at radius 1 is 0.893 bits per heavy atom. The molecule has 5 heteroatoms. The molecule has 1 aliphatic rings. The molecule has 0 saturated carbocycles. The van der Waals surface area contributed by atoms with Gasteiger partial charge in [-0.05, 0) is 12.8 Å². The maximum atomic E-state index is 9.92. The van der Waals surface area contributed by atoms with E-state index in [2.05, 4.69) is 13.0 Å². The summed E-state index contributed by atoms with van der Waals surface area (Å²) in [5, 5.41) is 29.0. The van der Waals surface area contributed by atoms with Gasteiger partial charge in [-0.3, -0.25) is 0 Å². The molecule has 0 bridgehead atoms. The van der Waals surface area contributed by atoms with Crippen molar-refractivity contribution >= 4 is 0 Å². The summed E-state index contributed by atoms with van der Waals surface area (Å²) in [6.45, 7) is 2.86. The fourth-order valence-corrected chi connectivity index (χ4v) is 3.61. The summed E-state index contributed by atoms with van der Waals surface area (Å²) < 4.78 is 10.6. The standard InChI is InChI=1S/C23H44O5/c1-2-3-4-5-6-7-8-9-10-11-12-13-14-15-16-17-27-18-21(25)23-22(26)20(24)19-28-23/h15-16,20-26H,2-14,17-19H2,1H3/b16-15+/t20-,21+,22+,23+/m1/s1. The van der Waals surface area contributed by atoms with E-state index in [4.69, 9.17) is 9.47 Å². The minimum atomic E-state index is -1.04. The summed E-state index contributed by atoms with van der Waals surface area (Å²) in [6.07, 6.45) is 17.9. The monoisotopic (exact) mass is 400 g/mol. The van der Waals surface area contributed by atoms with Gasteiger partial charge >= 0.3 is 0 Å². The molecule has 0 spiro atoms. The lowest BCUT2D eigenvalue weighted by Crippen LogP contribution is -2.40. The third-order valence-corrected chi connectivity index (χ3v) is 5.46. The summed E-state index contributed by atoms with van der Waals surface area (Å²) in [6, 6.07) is 0. The zero-order valence-electron chi connectivity index (χ0n) is 17.9. The van der Waals surface area contributed by atoms with Crippen molar-refractivity contribution in [3.63, 3.8) is 0 Å². The molecule has 1 heterocycles. The molecule has 0 aromatic rings. The number of ether oxygens (including phenoxy) is 2. The molecule has 3 N–H and O–H groups in total. The number of hydrogen-bond donors (Lipinski definition) is 3. The lowest BCUT2D eigenvalue weighted by Gasteiger charge is -2.20. The SMILES string of the molecule is CCCCCCCCCCCCCC/C=C/COC[C@H](O)[C@@H]1OC[C@@H](O)[C@@H]1O. The van der Waals surface area contributed by atoms with Crippen LogP contribution < -0.4 is 0 Å². The van der Waals surface area contributed by atoms with Crippen LogP contribution in [0.4, 0.5) is 0 Å². The predicted octanol–water partition coefficient (Wildman–Crippen LogP) is 4.13. The molecular weight excluding hydrogens is 356 g/mol. The van der Waals surface area contributed by atoms with Crippen LogP contribution in [0.5, 0.6) is 0 Å². The molecule has 0 unspecified atom stereocenters. The van der Waals surface area contributed by atoms with E-state index in [-0.39, 0.29) is 13.2 Å². The van der Waals surface area contributed by atoms with Gasteiger partial charge in [0.2, 0.25) is 0 Å². The Balaban J connectivity index is 1.81. The molecule has 0 radical (unpaired) electrons. The van der Waals surface area contributed by atoms with Crippen molar-refractivity contribution in [3.05, 3.63) is 12.2 Å². The molecule has 4 atom stereocenters. The first kappa shape index (κ1) is 25.6. The minimum Gasteiger partial charge on any atom is -0.388 e. The molecule has 1 aliphatic heterocycles. The van der Waals surface area contributed by atoms with Gasteiger partial charge in [0.25, 0.3) is 0 Å². The average Bonchev–Trinajstić information content (AvgIpc) is 3.03. The molecule has 166 valence electrons. The predicted molar refractivity (Wildman–Crippen MR) is 113 cm³/mol. The zero-order valence-corrected chi connectivity index (χ0v) is 17.9. The summed E-state index contributed by atoms with van der Waals surface area (Å²) in [5.41, 5.74) is 0. The number of allylic oxidation sites excluding steroid dienone is 1. The minimum absolute atomic E-state index is 0.0574. The number of aliphatic hydroxyl groups excluding tert-OH is 3. The van der Waals surface area contributed by atoms with E-state index in [1.807, 2.05) is 6.08 Å². The van der Waals surface area contributed by atoms with Gasteiger partial charge in [0.05, 0.1) is 19.8 Å². The van der Waals surface area contributed by atoms with Crippen LogP contribution in [0.15, 0.2) is 12.2 Å². The van der Waals surface area contributed by atoms with Crippen LogP contribution in [0.3, 0.4) is 0 Å². The van der Waals surface area contributed by atoms with Crippen molar-refractivity contribution in [1.82, 2.24) is 0 Å². The maximum absolute atomic E-state index is 9.92. The normalized spacial score (nSPS) is 23.6. The molecule has 28 heavy (non-hydrogen) atoms. The smallest absolute Gasteiger partial charge is 0.114 e. The van der Waals surface area contributed by atoms with Crippen LogP contribution in [0.1, 0.15) is 90.4 Å². The summed E-state index contributed by atoms with van der Waals surface area (Å²) in [5.74, 6) is 0. The van der Waals surface area contributed by atoms with E-state index in [9.17, 15) is 15.3 Å². The second kappa shape index (κ2) is 17.4. The highest BCUT2D eigenvalue weighted by molar-refractivity contribution is 4.88. The Hall–Kier alpha value is -0.460. The molecule has 0 aromatic carbocycles. The third kappa shape index (κ3) is 12.2. The van der Waals surface area contributed by atoms with Crippen LogP contribution in [0.25, 0.3) is 0 Å². The van der Waals surface area contributed by atoms with Gasteiger partial charge in [-0.15, -0.1) is 0 Å². The third-order valence-electron chi connectivity index (χ3n) is 5.46. The van der Waals surface area contributed by atoms with Gasteiger partial charge in [0.1, 0.15) is 24.4 Å². The van der Waals surface area contributed by atoms with Gasteiger partial charge in [-0.2, -0.15) is 0 Å². The molecular formula is C23H44O5. The lowest BCUT2D eigenvalue weighted by atomic mass is 10.0. The summed E-state index contributed by atoms with van der Waals surface area (Å²) >= 11 is 0. The van der Waals surface area contributed by atoms with Crippen molar-refractivity contribution in [2.75, 3.05) is 19.8 Å². The topological polar surface area (TPSA) is 79.2 Å². The molecule has 0 aromatic heterocycles. The second-order valence-electron chi connectivity index (χ2n) is 8.11. The van der Waals surface area contributed by atoms with Gasteiger partial charge in [-0.25, -0.2) is 0 Å². The first-order chi connectivity index (χ1) is 13.7. The van der Waals surface area contributed by atoms with Gasteiger partial charge < -0.3 is 24.8 Å². The van der Waals surface area contributed by atoms with E-state index in [1.165, 1.54) is 77.0 Å². The van der Waals surface area contributed by atoms with E-state index in [0.717, 1.165) is 6.42 Å². The van der Waals surface area contributed by atoms with Crippen LogP contribution >= 0.6 is 0 Å². The molecule has 1 saturated heterocycles. The van der Waals surface area contributed by atoms with E-state index in [1.54, 1.807) is 0 Å².